The van der Waals surface area contributed by atoms with Gasteiger partial charge >= 0.3 is 6.18 Å². The Morgan fingerprint density at radius 3 is 1.25 bits per heavy atom. The fraction of sp³-hybridized carbons (Fsp3) is 0.468. The highest BCUT2D eigenvalue weighted by molar-refractivity contribution is 6.34. The van der Waals surface area contributed by atoms with Crippen LogP contribution in [0.5, 0.6) is 0 Å². The molecule has 4 saturated carbocycles. The van der Waals surface area contributed by atoms with E-state index < -0.39 is 110 Å². The van der Waals surface area contributed by atoms with Crippen molar-refractivity contribution in [2.75, 3.05) is 0 Å². The van der Waals surface area contributed by atoms with Gasteiger partial charge in [0.1, 0.15) is 27.7 Å². The molecule has 13 rings (SSSR count). The van der Waals surface area contributed by atoms with Crippen LogP contribution in [-0.4, -0.2) is 136 Å². The lowest BCUT2D eigenvalue weighted by molar-refractivity contribution is -0.154. The molecule has 4 heterocycles. The molecule has 9 aliphatic rings. The molecular weight excluding hydrogens is 1430 g/mol. The van der Waals surface area contributed by atoms with E-state index in [-0.39, 0.29) is 69.3 Å². The summed E-state index contributed by atoms with van der Waals surface area (Å²) in [5.74, 6) is -7.80. The number of carbonyl (C=O) groups excluding carboxylic acids is 15. The Bertz CT molecular complexity index is 4260. The van der Waals surface area contributed by atoms with Gasteiger partial charge in [0.05, 0.1) is 49.5 Å². The maximum absolute atomic E-state index is 13.2. The maximum Gasteiger partial charge on any atom is 0.417 e. The van der Waals surface area contributed by atoms with E-state index in [0.717, 1.165) is 105 Å². The number of aryl methyl sites for hydroxylation is 1. The number of amides is 14. The van der Waals surface area contributed by atoms with Crippen LogP contribution in [0.25, 0.3) is 0 Å². The van der Waals surface area contributed by atoms with E-state index in [0.29, 0.717) is 109 Å². The van der Waals surface area contributed by atoms with Gasteiger partial charge in [0.25, 0.3) is 53.2 Å². The largest absolute Gasteiger partial charge is 0.417 e. The van der Waals surface area contributed by atoms with Gasteiger partial charge in [-0.3, -0.25) is 91.5 Å². The molecule has 4 aromatic rings. The molecule has 107 heavy (non-hydrogen) atoms. The summed E-state index contributed by atoms with van der Waals surface area (Å²) >= 11 is 11.8. The average Bonchev–Trinajstić information content (AvgIpc) is 1.57. The van der Waals surface area contributed by atoms with Crippen molar-refractivity contribution in [1.82, 2.24) is 24.9 Å². The molecule has 4 fully saturated rings. The van der Waals surface area contributed by atoms with E-state index >= 15 is 0 Å². The first-order chi connectivity index (χ1) is 50.4. The van der Waals surface area contributed by atoms with Crippen molar-refractivity contribution in [3.63, 3.8) is 0 Å². The minimum atomic E-state index is -4.77. The van der Waals surface area contributed by atoms with E-state index in [2.05, 4.69) is 5.32 Å². The van der Waals surface area contributed by atoms with Gasteiger partial charge in [0, 0.05) is 21.7 Å². The molecule has 0 saturated heterocycles. The van der Waals surface area contributed by atoms with Crippen molar-refractivity contribution in [3.8, 4) is 0 Å². The van der Waals surface area contributed by atoms with Crippen molar-refractivity contribution in [1.29, 1.82) is 0 Å². The fourth-order valence-electron chi connectivity index (χ4n) is 16.5. The molecule has 0 bridgehead atoms. The summed E-state index contributed by atoms with van der Waals surface area (Å²) in [6.07, 6.45) is 12.3. The van der Waals surface area contributed by atoms with Crippen LogP contribution in [0, 0.1) is 12.8 Å². The zero-order valence-electron chi connectivity index (χ0n) is 59.9. The van der Waals surface area contributed by atoms with Gasteiger partial charge in [-0.25, -0.2) is 0 Å². The van der Waals surface area contributed by atoms with E-state index in [1.807, 2.05) is 20.8 Å². The van der Waals surface area contributed by atoms with Crippen molar-refractivity contribution in [2.24, 2.45) is 34.6 Å². The van der Waals surface area contributed by atoms with Crippen LogP contribution in [-0.2, 0) is 39.7 Å². The number of nitrogens with one attached hydrogen (secondary N) is 1. The van der Waals surface area contributed by atoms with Gasteiger partial charge in [-0.1, -0.05) is 138 Å². The third-order valence-corrected chi connectivity index (χ3v) is 22.5. The summed E-state index contributed by atoms with van der Waals surface area (Å²) in [5, 5.41) is 3.18. The molecule has 570 valence electrons. The lowest BCUT2D eigenvalue weighted by Gasteiger charge is -2.40. The number of hydrogen-bond acceptors (Lipinski definition) is 15. The second kappa shape index (κ2) is 32.2. The molecule has 4 aliphatic heterocycles. The highest BCUT2D eigenvalue weighted by Gasteiger charge is 2.58. The Morgan fingerprint density at radius 1 is 0.486 bits per heavy atom. The van der Waals surface area contributed by atoms with E-state index in [4.69, 9.17) is 51.9 Å². The number of fused-ring (bicyclic) bond motifs is 3. The summed E-state index contributed by atoms with van der Waals surface area (Å²) in [4.78, 5) is 188. The standard InChI is InChI=1S/C16H15F3N2O3.C16H18N2O3.C15H15ClN2O3.C15H19ClN2O3.C15H20N2O3/c17-16(18,19)10-6-4-5-9-11(10)13(23)21(12(9)22)15(14(20)24)7-2-1-3-8-15;1-10-5-6-11-12(9-10)14(20)18(13(11)19)16(15(17)21)7-3-2-4-8-16;16-9-4-5-10-11(8-9)13(20)18(12(10)19)15(14(17)21)6-2-1-3-7-15;1-9(2)7-15(3,14(17)21)18-13(20)10-5-4-6-12(16)11(10)8-19;16-14(20)15(8-4-1-5-9-15)17-12(18)10-6-2-3-7-11(10)13(17)19/h4-6H,1-3,7-8H2,(H2,20,24);5-6,9H,2-4,7-8H2,1H3,(H2,17,21);4-5,8H,1-3,6-7H2,(H2,17,21);4-6,8-9H,7H2,1-3H3,(H2,17,21)(H,18,20);1-9H2,(H2,16,20). The zero-order valence-corrected chi connectivity index (χ0v) is 61.5. The minimum absolute atomic E-state index is 0.0908. The van der Waals surface area contributed by atoms with Gasteiger partial charge in [-0.15, -0.1) is 0 Å². The van der Waals surface area contributed by atoms with Gasteiger partial charge < -0.3 is 34.0 Å². The third-order valence-electron chi connectivity index (χ3n) is 21.9. The predicted octanol–water partition coefficient (Wildman–Crippen LogP) is 9.98. The molecule has 1 atom stereocenters. The highest BCUT2D eigenvalue weighted by Crippen LogP contribution is 2.46. The van der Waals surface area contributed by atoms with Crippen molar-refractivity contribution < 1.29 is 85.1 Å². The summed E-state index contributed by atoms with van der Waals surface area (Å²) in [6, 6.07) is 17.3. The van der Waals surface area contributed by atoms with Gasteiger partial charge in [0.15, 0.2) is 6.29 Å². The lowest BCUT2D eigenvalue weighted by Crippen LogP contribution is -2.61. The molecule has 4 aromatic carbocycles. The first-order valence-corrected chi connectivity index (χ1v) is 36.6. The van der Waals surface area contributed by atoms with Crippen LogP contribution in [0.2, 0.25) is 10.0 Å². The Kier molecular flexibility index (Phi) is 24.4. The van der Waals surface area contributed by atoms with Crippen molar-refractivity contribution in [2.45, 2.75) is 222 Å². The molecule has 11 N–H and O–H groups in total. The number of hydrogen-bond donors (Lipinski definition) is 6. The molecule has 0 radical (unpaired) electrons. The lowest BCUT2D eigenvalue weighted by atomic mass is 9.79. The molecule has 14 amide bonds. The Labute approximate surface area is 625 Å². The number of imide groups is 4. The first-order valence-electron chi connectivity index (χ1n) is 35.9. The molecular formula is C77H87Cl2F3N10O15. The Balaban J connectivity index is 0.000000155. The predicted molar refractivity (Wildman–Crippen MR) is 384 cm³/mol. The SMILES string of the molecule is CC(C)CC(C)(NC(=O)c1cccc(Cl)c1C=O)C(N)=O.Cc1ccc2c(c1)C(=O)N(C1(C(N)=O)CCCCC1)C2=O.NC(=O)C1(N2C(=O)C3=C(CCCC3)C2=O)CCCCC1.NC(=O)C1(N2C(=O)c3ccc(Cl)cc3C2=O)CCCCC1.NC(=O)C1(N2C(=O)c3cccc(C(F)(F)F)c3C2=O)CCCCC1. The van der Waals surface area contributed by atoms with Crippen LogP contribution in [0.4, 0.5) is 13.2 Å². The number of carbonyl (C=O) groups is 15. The number of aldehydes is 1. The second-order valence-corrected chi connectivity index (χ2v) is 30.1. The molecule has 0 spiro atoms. The Morgan fingerprint density at radius 2 is 0.860 bits per heavy atom. The number of primary amides is 5. The molecule has 0 aromatic heterocycles. The average molecular weight is 1520 g/mol. The topological polar surface area (TPSA) is 411 Å². The number of alkyl halides is 3. The summed E-state index contributed by atoms with van der Waals surface area (Å²) in [6.45, 7) is 7.27. The number of halogens is 5. The number of rotatable bonds is 14. The Hall–Kier alpha value is -9.96. The smallest absolute Gasteiger partial charge is 0.368 e. The van der Waals surface area contributed by atoms with Gasteiger partial charge in [-0.2, -0.15) is 13.2 Å². The maximum atomic E-state index is 13.2. The van der Waals surface area contributed by atoms with Crippen LogP contribution in [0.1, 0.15) is 275 Å². The molecule has 5 aliphatic carbocycles. The normalized spacial score (nSPS) is 20.1. The number of nitrogens with zero attached hydrogens (tertiary/aromatic N) is 4. The van der Waals surface area contributed by atoms with Crippen LogP contribution in [0.15, 0.2) is 83.9 Å². The van der Waals surface area contributed by atoms with E-state index in [1.165, 1.54) is 35.2 Å². The molecule has 30 heteroatoms. The highest BCUT2D eigenvalue weighted by atomic mass is 35.5. The fourth-order valence-corrected chi connectivity index (χ4v) is 16.8. The third kappa shape index (κ3) is 15.4. The van der Waals surface area contributed by atoms with Gasteiger partial charge in [0.2, 0.25) is 29.5 Å². The van der Waals surface area contributed by atoms with Crippen molar-refractivity contribution in [3.05, 3.63) is 150 Å². The summed E-state index contributed by atoms with van der Waals surface area (Å²) < 4.78 is 39.6. The monoisotopic (exact) mass is 1520 g/mol. The van der Waals surface area contributed by atoms with Crippen LogP contribution in [0.3, 0.4) is 0 Å². The van der Waals surface area contributed by atoms with Gasteiger partial charge in [-0.05, 0) is 158 Å². The minimum Gasteiger partial charge on any atom is -0.368 e. The quantitative estimate of drug-likeness (QED) is 0.0505. The van der Waals surface area contributed by atoms with E-state index in [9.17, 15) is 85.1 Å². The van der Waals surface area contributed by atoms with E-state index in [1.54, 1.807) is 37.3 Å². The summed E-state index contributed by atoms with van der Waals surface area (Å²) in [7, 11) is 0. The number of nitrogens with two attached hydrogens (primary N) is 5. The van der Waals surface area contributed by atoms with Crippen LogP contribution < -0.4 is 34.0 Å². The summed E-state index contributed by atoms with van der Waals surface area (Å²) in [5.41, 5.74) is 22.9. The number of benzene rings is 4. The second-order valence-electron chi connectivity index (χ2n) is 29.3. The zero-order chi connectivity index (χ0) is 78.6. The first kappa shape index (κ1) is 81.1. The molecule has 1 unspecified atom stereocenters. The van der Waals surface area contributed by atoms with Crippen molar-refractivity contribution >= 4 is 112 Å². The molecule has 25 nitrogen and oxygen atoms in total. The van der Waals surface area contributed by atoms with Crippen LogP contribution >= 0.6 is 23.2 Å².